The summed E-state index contributed by atoms with van der Waals surface area (Å²) < 4.78 is 13.4. The van der Waals surface area contributed by atoms with E-state index in [1.54, 1.807) is 0 Å². The number of nitrogens with one attached hydrogen (secondary N) is 2. The van der Waals surface area contributed by atoms with E-state index in [4.69, 9.17) is 11.6 Å². The van der Waals surface area contributed by atoms with Crippen LogP contribution < -0.4 is 10.6 Å². The highest BCUT2D eigenvalue weighted by Gasteiger charge is 2.50. The molecule has 0 aromatic heterocycles. The van der Waals surface area contributed by atoms with Crippen molar-refractivity contribution in [1.82, 2.24) is 10.2 Å². The van der Waals surface area contributed by atoms with Crippen LogP contribution in [-0.4, -0.2) is 29.3 Å². The van der Waals surface area contributed by atoms with Gasteiger partial charge in [0.05, 0.1) is 0 Å². The number of aryl methyl sites for hydroxylation is 2. The van der Waals surface area contributed by atoms with Crippen LogP contribution in [0.2, 0.25) is 5.02 Å². The number of hydrogen-bond acceptors (Lipinski definition) is 3. The van der Waals surface area contributed by atoms with Crippen molar-refractivity contribution in [3.63, 3.8) is 0 Å². The summed E-state index contributed by atoms with van der Waals surface area (Å²) in [5, 5.41) is 5.43. The number of amides is 4. The Bertz CT molecular complexity index is 1000. The van der Waals surface area contributed by atoms with Gasteiger partial charge in [-0.1, -0.05) is 49.7 Å². The Hall–Kier alpha value is -2.93. The summed E-state index contributed by atoms with van der Waals surface area (Å²) in [6, 6.07) is 8.66. The SMILES string of the molecule is CCc1cccc(CC)c1NC(=O)CN1C(=O)NC(C)(c2ccc(F)cc2Cl)C1=O. The van der Waals surface area contributed by atoms with Gasteiger partial charge in [0.25, 0.3) is 5.91 Å². The summed E-state index contributed by atoms with van der Waals surface area (Å²) >= 11 is 6.10. The number of urea groups is 1. The lowest BCUT2D eigenvalue weighted by atomic mass is 9.92. The molecule has 2 aromatic rings. The summed E-state index contributed by atoms with van der Waals surface area (Å²) in [7, 11) is 0. The topological polar surface area (TPSA) is 78.5 Å². The molecule has 1 heterocycles. The van der Waals surface area contributed by atoms with E-state index in [1.807, 2.05) is 32.0 Å². The van der Waals surface area contributed by atoms with Gasteiger partial charge in [-0.2, -0.15) is 0 Å². The fourth-order valence-electron chi connectivity index (χ4n) is 3.64. The van der Waals surface area contributed by atoms with Gasteiger partial charge in [-0.25, -0.2) is 9.18 Å². The predicted molar refractivity (Wildman–Crippen MR) is 113 cm³/mol. The van der Waals surface area contributed by atoms with Gasteiger partial charge in [-0.05, 0) is 43.0 Å². The Labute approximate surface area is 179 Å². The highest BCUT2D eigenvalue weighted by Crippen LogP contribution is 2.34. The summed E-state index contributed by atoms with van der Waals surface area (Å²) in [4.78, 5) is 39.0. The zero-order chi connectivity index (χ0) is 22.1. The van der Waals surface area contributed by atoms with Gasteiger partial charge >= 0.3 is 6.03 Å². The summed E-state index contributed by atoms with van der Waals surface area (Å²) in [6.07, 6.45) is 1.46. The molecule has 158 valence electrons. The Kier molecular flexibility index (Phi) is 6.12. The number of hydrogen-bond donors (Lipinski definition) is 2. The van der Waals surface area contributed by atoms with E-state index in [0.717, 1.165) is 41.0 Å². The number of rotatable bonds is 6. The molecule has 6 nitrogen and oxygen atoms in total. The molecular weight excluding hydrogens is 409 g/mol. The molecule has 4 amide bonds. The third-order valence-corrected chi connectivity index (χ3v) is 5.62. The molecule has 8 heteroatoms. The van der Waals surface area contributed by atoms with Crippen LogP contribution >= 0.6 is 11.6 Å². The van der Waals surface area contributed by atoms with Gasteiger partial charge in [-0.15, -0.1) is 0 Å². The molecule has 0 spiro atoms. The van der Waals surface area contributed by atoms with Crippen molar-refractivity contribution >= 4 is 35.1 Å². The van der Waals surface area contributed by atoms with E-state index < -0.39 is 35.7 Å². The van der Waals surface area contributed by atoms with E-state index in [0.29, 0.717) is 5.69 Å². The number of nitrogens with zero attached hydrogens (tertiary/aromatic N) is 1. The van der Waals surface area contributed by atoms with Crippen molar-refractivity contribution < 1.29 is 18.8 Å². The molecule has 0 saturated carbocycles. The molecule has 1 saturated heterocycles. The van der Waals surface area contributed by atoms with Crippen LogP contribution in [0.3, 0.4) is 0 Å². The van der Waals surface area contributed by atoms with Gasteiger partial charge in [-0.3, -0.25) is 14.5 Å². The average molecular weight is 432 g/mol. The zero-order valence-electron chi connectivity index (χ0n) is 17.0. The van der Waals surface area contributed by atoms with E-state index in [2.05, 4.69) is 10.6 Å². The fourth-order valence-corrected chi connectivity index (χ4v) is 4.00. The second-order valence-corrected chi connectivity index (χ2v) is 7.68. The van der Waals surface area contributed by atoms with E-state index in [9.17, 15) is 18.8 Å². The lowest BCUT2D eigenvalue weighted by Crippen LogP contribution is -2.42. The van der Waals surface area contributed by atoms with Crippen molar-refractivity contribution in [3.05, 3.63) is 63.9 Å². The molecule has 30 heavy (non-hydrogen) atoms. The first-order chi connectivity index (χ1) is 14.2. The molecule has 1 aliphatic heterocycles. The molecule has 0 bridgehead atoms. The lowest BCUT2D eigenvalue weighted by molar-refractivity contribution is -0.133. The quantitative estimate of drug-likeness (QED) is 0.678. The van der Waals surface area contributed by atoms with E-state index >= 15 is 0 Å². The number of para-hydroxylation sites is 1. The van der Waals surface area contributed by atoms with Crippen LogP contribution in [0.5, 0.6) is 0 Å². The van der Waals surface area contributed by atoms with Crippen LogP contribution in [0, 0.1) is 5.82 Å². The minimum atomic E-state index is -1.49. The molecule has 1 fully saturated rings. The highest BCUT2D eigenvalue weighted by atomic mass is 35.5. The maximum atomic E-state index is 13.4. The van der Waals surface area contributed by atoms with Gasteiger partial charge in [0, 0.05) is 16.3 Å². The maximum absolute atomic E-state index is 13.4. The summed E-state index contributed by atoms with van der Waals surface area (Å²) in [6.45, 7) is 5.01. The lowest BCUT2D eigenvalue weighted by Gasteiger charge is -2.23. The monoisotopic (exact) mass is 431 g/mol. The first kappa shape index (κ1) is 21.8. The van der Waals surface area contributed by atoms with Crippen LogP contribution in [-0.2, 0) is 28.0 Å². The first-order valence-corrected chi connectivity index (χ1v) is 10.1. The van der Waals surface area contributed by atoms with Crippen LogP contribution in [0.15, 0.2) is 36.4 Å². The fraction of sp³-hybridized carbons (Fsp3) is 0.318. The Balaban J connectivity index is 1.82. The molecular formula is C22H23ClFN3O3. The Morgan fingerprint density at radius 3 is 2.37 bits per heavy atom. The number of halogens is 2. The van der Waals surface area contributed by atoms with Gasteiger partial charge in [0.15, 0.2) is 0 Å². The van der Waals surface area contributed by atoms with Gasteiger partial charge in [0.2, 0.25) is 5.91 Å². The number of benzene rings is 2. The molecule has 1 aliphatic rings. The number of anilines is 1. The normalized spacial score (nSPS) is 18.5. The average Bonchev–Trinajstić information content (AvgIpc) is 2.91. The smallest absolute Gasteiger partial charge is 0.324 e. The van der Waals surface area contributed by atoms with Crippen molar-refractivity contribution in [2.45, 2.75) is 39.2 Å². The van der Waals surface area contributed by atoms with E-state index in [-0.39, 0.29) is 10.6 Å². The Morgan fingerprint density at radius 1 is 1.17 bits per heavy atom. The van der Waals surface area contributed by atoms with Crippen molar-refractivity contribution in [2.75, 3.05) is 11.9 Å². The van der Waals surface area contributed by atoms with Gasteiger partial charge < -0.3 is 10.6 Å². The molecule has 0 aliphatic carbocycles. The van der Waals surface area contributed by atoms with Crippen molar-refractivity contribution in [2.24, 2.45) is 0 Å². The summed E-state index contributed by atoms with van der Waals surface area (Å²) in [5.74, 6) is -1.67. The maximum Gasteiger partial charge on any atom is 0.325 e. The van der Waals surface area contributed by atoms with Crippen LogP contribution in [0.4, 0.5) is 14.9 Å². The number of carbonyl (C=O) groups excluding carboxylic acids is 3. The van der Waals surface area contributed by atoms with Gasteiger partial charge in [0.1, 0.15) is 17.9 Å². The van der Waals surface area contributed by atoms with Crippen molar-refractivity contribution in [3.8, 4) is 0 Å². The summed E-state index contributed by atoms with van der Waals surface area (Å²) in [5.41, 5.74) is 1.43. The van der Waals surface area contributed by atoms with Crippen LogP contribution in [0.25, 0.3) is 0 Å². The largest absolute Gasteiger partial charge is 0.325 e. The minimum Gasteiger partial charge on any atom is -0.324 e. The number of carbonyl (C=O) groups is 3. The first-order valence-electron chi connectivity index (χ1n) is 9.71. The third kappa shape index (κ3) is 3.89. The zero-order valence-corrected chi connectivity index (χ0v) is 17.8. The molecule has 3 rings (SSSR count). The second kappa shape index (κ2) is 8.44. The minimum absolute atomic E-state index is 0.0157. The molecule has 1 unspecified atom stereocenters. The third-order valence-electron chi connectivity index (χ3n) is 5.31. The standard InChI is InChI=1S/C22H23ClFN3O3/c1-4-13-7-6-8-14(5-2)19(13)25-18(28)12-27-20(29)22(3,26-21(27)30)16-10-9-15(24)11-17(16)23/h6-11H,4-5,12H2,1-3H3,(H,25,28)(H,26,30). The molecule has 2 N–H and O–H groups in total. The van der Waals surface area contributed by atoms with E-state index in [1.165, 1.54) is 13.0 Å². The molecule has 1 atom stereocenters. The molecule has 0 radical (unpaired) electrons. The number of imide groups is 1. The predicted octanol–water partition coefficient (Wildman–Crippen LogP) is 4.01. The highest BCUT2D eigenvalue weighted by molar-refractivity contribution is 6.32. The molecule has 2 aromatic carbocycles. The second-order valence-electron chi connectivity index (χ2n) is 7.28. The van der Waals surface area contributed by atoms with Crippen molar-refractivity contribution in [1.29, 1.82) is 0 Å². The Morgan fingerprint density at radius 2 is 1.80 bits per heavy atom. The van der Waals surface area contributed by atoms with Crippen LogP contribution in [0.1, 0.15) is 37.5 Å².